The van der Waals surface area contributed by atoms with Crippen LogP contribution in [0.3, 0.4) is 0 Å². The van der Waals surface area contributed by atoms with Crippen molar-refractivity contribution in [3.05, 3.63) is 11.6 Å². The summed E-state index contributed by atoms with van der Waals surface area (Å²) in [6, 6.07) is 0. The SMILES string of the molecule is CC1CCc2nc(CN)nn2C1. The van der Waals surface area contributed by atoms with Crippen LogP contribution in [-0.2, 0) is 19.5 Å². The second-order valence-electron chi connectivity index (χ2n) is 3.47. The molecule has 1 aliphatic rings. The largest absolute Gasteiger partial charge is 0.324 e. The van der Waals surface area contributed by atoms with E-state index in [1.54, 1.807) is 0 Å². The molecule has 4 heteroatoms. The van der Waals surface area contributed by atoms with Crippen LogP contribution in [0.1, 0.15) is 25.0 Å². The number of hydrogen-bond donors (Lipinski definition) is 1. The standard InChI is InChI=1S/C8H14N4/c1-6-2-3-8-10-7(4-9)11-12(8)5-6/h6H,2-5,9H2,1H3. The van der Waals surface area contributed by atoms with Crippen LogP contribution in [0, 0.1) is 5.92 Å². The van der Waals surface area contributed by atoms with E-state index in [1.807, 2.05) is 4.68 Å². The van der Waals surface area contributed by atoms with Gasteiger partial charge in [0.25, 0.3) is 0 Å². The molecular formula is C8H14N4. The van der Waals surface area contributed by atoms with Gasteiger partial charge in [-0.2, -0.15) is 5.10 Å². The lowest BCUT2D eigenvalue weighted by Crippen LogP contribution is -2.18. The van der Waals surface area contributed by atoms with Crippen LogP contribution in [0.15, 0.2) is 0 Å². The van der Waals surface area contributed by atoms with Crippen molar-refractivity contribution in [2.75, 3.05) is 0 Å². The summed E-state index contributed by atoms with van der Waals surface area (Å²) in [6.07, 6.45) is 2.27. The maximum atomic E-state index is 5.46. The zero-order valence-electron chi connectivity index (χ0n) is 7.32. The molecule has 1 aromatic rings. The van der Waals surface area contributed by atoms with E-state index in [-0.39, 0.29) is 0 Å². The van der Waals surface area contributed by atoms with E-state index in [0.717, 1.165) is 30.5 Å². The molecule has 0 aliphatic carbocycles. The third-order valence-electron chi connectivity index (χ3n) is 2.32. The van der Waals surface area contributed by atoms with Gasteiger partial charge in [-0.15, -0.1) is 0 Å². The maximum absolute atomic E-state index is 5.46. The average Bonchev–Trinajstić information content (AvgIpc) is 2.46. The Morgan fingerprint density at radius 1 is 1.67 bits per heavy atom. The number of aryl methyl sites for hydroxylation is 1. The molecule has 2 N–H and O–H groups in total. The van der Waals surface area contributed by atoms with E-state index >= 15 is 0 Å². The zero-order chi connectivity index (χ0) is 8.55. The molecule has 2 heterocycles. The molecule has 2 rings (SSSR count). The van der Waals surface area contributed by atoms with E-state index in [1.165, 1.54) is 6.42 Å². The number of aromatic nitrogens is 3. The minimum atomic E-state index is 0.453. The van der Waals surface area contributed by atoms with Crippen molar-refractivity contribution in [1.29, 1.82) is 0 Å². The Balaban J connectivity index is 2.28. The highest BCUT2D eigenvalue weighted by molar-refractivity contribution is 4.95. The summed E-state index contributed by atoms with van der Waals surface area (Å²) < 4.78 is 2.00. The third kappa shape index (κ3) is 1.22. The molecule has 0 amide bonds. The van der Waals surface area contributed by atoms with Gasteiger partial charge in [0.2, 0.25) is 0 Å². The number of fused-ring (bicyclic) bond motifs is 1. The highest BCUT2D eigenvalue weighted by atomic mass is 15.4. The fourth-order valence-corrected chi connectivity index (χ4v) is 1.61. The molecule has 0 radical (unpaired) electrons. The van der Waals surface area contributed by atoms with Crippen molar-refractivity contribution in [3.63, 3.8) is 0 Å². The Morgan fingerprint density at radius 3 is 3.25 bits per heavy atom. The lowest BCUT2D eigenvalue weighted by molar-refractivity contribution is 0.367. The molecule has 0 fully saturated rings. The monoisotopic (exact) mass is 166 g/mol. The summed E-state index contributed by atoms with van der Waals surface area (Å²) >= 11 is 0. The minimum absolute atomic E-state index is 0.453. The van der Waals surface area contributed by atoms with Gasteiger partial charge in [-0.1, -0.05) is 6.92 Å². The zero-order valence-corrected chi connectivity index (χ0v) is 7.32. The van der Waals surface area contributed by atoms with E-state index in [9.17, 15) is 0 Å². The second-order valence-corrected chi connectivity index (χ2v) is 3.47. The molecule has 66 valence electrons. The van der Waals surface area contributed by atoms with Crippen LogP contribution in [-0.4, -0.2) is 14.8 Å². The number of nitrogens with zero attached hydrogens (tertiary/aromatic N) is 3. The number of nitrogens with two attached hydrogens (primary N) is 1. The smallest absolute Gasteiger partial charge is 0.164 e. The molecule has 0 bridgehead atoms. The van der Waals surface area contributed by atoms with Gasteiger partial charge in [-0.3, -0.25) is 0 Å². The van der Waals surface area contributed by atoms with Gasteiger partial charge >= 0.3 is 0 Å². The summed E-state index contributed by atoms with van der Waals surface area (Å²) in [5, 5.41) is 4.30. The first kappa shape index (κ1) is 7.73. The van der Waals surface area contributed by atoms with Gasteiger partial charge in [0.05, 0.1) is 6.54 Å². The van der Waals surface area contributed by atoms with E-state index in [2.05, 4.69) is 17.0 Å². The Hall–Kier alpha value is -0.900. The fourth-order valence-electron chi connectivity index (χ4n) is 1.61. The minimum Gasteiger partial charge on any atom is -0.324 e. The van der Waals surface area contributed by atoms with Crippen LogP contribution in [0.2, 0.25) is 0 Å². The molecular weight excluding hydrogens is 152 g/mol. The molecule has 12 heavy (non-hydrogen) atoms. The van der Waals surface area contributed by atoms with Gasteiger partial charge in [0.15, 0.2) is 5.82 Å². The van der Waals surface area contributed by atoms with Gasteiger partial charge in [-0.05, 0) is 12.3 Å². The van der Waals surface area contributed by atoms with Crippen molar-refractivity contribution in [3.8, 4) is 0 Å². The Morgan fingerprint density at radius 2 is 2.50 bits per heavy atom. The Labute approximate surface area is 71.8 Å². The average molecular weight is 166 g/mol. The van der Waals surface area contributed by atoms with Crippen LogP contribution in [0.5, 0.6) is 0 Å². The van der Waals surface area contributed by atoms with Crippen LogP contribution >= 0.6 is 0 Å². The van der Waals surface area contributed by atoms with E-state index < -0.39 is 0 Å². The molecule has 4 nitrogen and oxygen atoms in total. The van der Waals surface area contributed by atoms with Crippen LogP contribution < -0.4 is 5.73 Å². The van der Waals surface area contributed by atoms with Crippen molar-refractivity contribution in [2.24, 2.45) is 11.7 Å². The summed E-state index contributed by atoms with van der Waals surface area (Å²) in [5.74, 6) is 2.61. The van der Waals surface area contributed by atoms with Crippen molar-refractivity contribution >= 4 is 0 Å². The second kappa shape index (κ2) is 2.86. The Kier molecular flexibility index (Phi) is 1.84. The normalized spacial score (nSPS) is 22.3. The Bertz CT molecular complexity index is 279. The predicted molar refractivity (Wildman–Crippen MR) is 45.4 cm³/mol. The first-order valence-electron chi connectivity index (χ1n) is 4.42. The van der Waals surface area contributed by atoms with Gasteiger partial charge in [0, 0.05) is 13.0 Å². The summed E-state index contributed by atoms with van der Waals surface area (Å²) in [7, 11) is 0. The lowest BCUT2D eigenvalue weighted by atomic mass is 10.0. The van der Waals surface area contributed by atoms with Gasteiger partial charge in [-0.25, -0.2) is 9.67 Å². The van der Waals surface area contributed by atoms with Crippen molar-refractivity contribution < 1.29 is 0 Å². The molecule has 1 atom stereocenters. The molecule has 0 saturated carbocycles. The lowest BCUT2D eigenvalue weighted by Gasteiger charge is -2.17. The maximum Gasteiger partial charge on any atom is 0.164 e. The topological polar surface area (TPSA) is 56.7 Å². The molecule has 0 saturated heterocycles. The van der Waals surface area contributed by atoms with Crippen molar-refractivity contribution in [1.82, 2.24) is 14.8 Å². The third-order valence-corrected chi connectivity index (χ3v) is 2.32. The molecule has 1 aliphatic heterocycles. The highest BCUT2D eigenvalue weighted by Gasteiger charge is 2.17. The van der Waals surface area contributed by atoms with Gasteiger partial charge < -0.3 is 5.73 Å². The molecule has 1 unspecified atom stereocenters. The first-order valence-corrected chi connectivity index (χ1v) is 4.42. The van der Waals surface area contributed by atoms with E-state index in [4.69, 9.17) is 5.73 Å². The quantitative estimate of drug-likeness (QED) is 0.653. The highest BCUT2D eigenvalue weighted by Crippen LogP contribution is 2.17. The van der Waals surface area contributed by atoms with Crippen molar-refractivity contribution in [2.45, 2.75) is 32.9 Å². The number of hydrogen-bond acceptors (Lipinski definition) is 3. The fraction of sp³-hybridized carbons (Fsp3) is 0.750. The van der Waals surface area contributed by atoms with Crippen LogP contribution in [0.25, 0.3) is 0 Å². The summed E-state index contributed by atoms with van der Waals surface area (Å²) in [6.45, 7) is 3.70. The summed E-state index contributed by atoms with van der Waals surface area (Å²) in [4.78, 5) is 4.33. The van der Waals surface area contributed by atoms with Gasteiger partial charge in [0.1, 0.15) is 5.82 Å². The number of rotatable bonds is 1. The molecule has 0 aromatic carbocycles. The van der Waals surface area contributed by atoms with Crippen LogP contribution in [0.4, 0.5) is 0 Å². The van der Waals surface area contributed by atoms with E-state index in [0.29, 0.717) is 6.54 Å². The first-order chi connectivity index (χ1) is 5.79. The molecule has 1 aromatic heterocycles. The predicted octanol–water partition coefficient (Wildman–Crippen LogP) is 0.319. The molecule has 0 spiro atoms. The summed E-state index contributed by atoms with van der Waals surface area (Å²) in [5.41, 5.74) is 5.46.